The molecule has 0 bridgehead atoms. The van der Waals surface area contributed by atoms with Gasteiger partial charge in [-0.3, -0.25) is 0 Å². The summed E-state index contributed by atoms with van der Waals surface area (Å²) >= 11 is 0. The van der Waals surface area contributed by atoms with Crippen LogP contribution in [0.15, 0.2) is 27.7 Å². The van der Waals surface area contributed by atoms with Crippen LogP contribution >= 0.6 is 0 Å². The molecule has 0 atom stereocenters. The van der Waals surface area contributed by atoms with Crippen LogP contribution in [0.25, 0.3) is 11.6 Å². The second kappa shape index (κ2) is 5.69. The van der Waals surface area contributed by atoms with Crippen LogP contribution < -0.4 is 5.32 Å². The van der Waals surface area contributed by atoms with Crippen molar-refractivity contribution in [3.05, 3.63) is 35.2 Å². The predicted molar refractivity (Wildman–Crippen MR) is 84.9 cm³/mol. The Balaban J connectivity index is 2.05. The Labute approximate surface area is 131 Å². The number of carboxylic acids is 1. The van der Waals surface area contributed by atoms with Gasteiger partial charge in [-0.05, 0) is 18.2 Å². The van der Waals surface area contributed by atoms with Gasteiger partial charge < -0.3 is 19.9 Å². The van der Waals surface area contributed by atoms with Crippen LogP contribution in [0.5, 0.6) is 5.75 Å². The first-order valence-electron chi connectivity index (χ1n) is 6.59. The van der Waals surface area contributed by atoms with E-state index in [1.807, 2.05) is 6.07 Å². The van der Waals surface area contributed by atoms with Gasteiger partial charge >= 0.3 is 5.97 Å². The van der Waals surface area contributed by atoms with E-state index < -0.39 is 11.7 Å². The standard InChI is InChI=1S/C16H11N3O4/c1-2-5-18-15-12(16(21)22)13(20)11(23-15)7-9-8-19-14-10(9)4-3-6-17-14/h1,3-4,6-8,18,20H,5H2,(H,21,22). The number of aliphatic imine (C=N–C) groups is 1. The first-order chi connectivity index (χ1) is 11.1. The minimum absolute atomic E-state index is 0.0000690. The maximum absolute atomic E-state index is 11.3. The molecule has 2 aromatic rings. The zero-order valence-electron chi connectivity index (χ0n) is 11.8. The van der Waals surface area contributed by atoms with E-state index in [2.05, 4.69) is 21.2 Å². The fourth-order valence-electron chi connectivity index (χ4n) is 2.17. The Kier molecular flexibility index (Phi) is 3.57. The molecule has 0 saturated heterocycles. The number of hydrogen-bond donors (Lipinski definition) is 3. The van der Waals surface area contributed by atoms with Gasteiger partial charge in [-0.25, -0.2) is 14.8 Å². The van der Waals surface area contributed by atoms with Crippen molar-refractivity contribution in [1.82, 2.24) is 4.98 Å². The summed E-state index contributed by atoms with van der Waals surface area (Å²) in [5.41, 5.74) is 1.05. The number of pyridine rings is 1. The van der Waals surface area contributed by atoms with Crippen molar-refractivity contribution in [2.45, 2.75) is 0 Å². The van der Waals surface area contributed by atoms with Crippen molar-refractivity contribution in [3.63, 3.8) is 0 Å². The van der Waals surface area contributed by atoms with Crippen LogP contribution in [0, 0.1) is 12.3 Å². The number of anilines is 1. The molecule has 0 radical (unpaired) electrons. The van der Waals surface area contributed by atoms with Gasteiger partial charge in [0.15, 0.2) is 22.9 Å². The Bertz CT molecular complexity index is 887. The van der Waals surface area contributed by atoms with Gasteiger partial charge in [-0.2, -0.15) is 0 Å². The molecule has 114 valence electrons. The van der Waals surface area contributed by atoms with Crippen LogP contribution in [0.2, 0.25) is 0 Å². The van der Waals surface area contributed by atoms with Crippen LogP contribution in [0.4, 0.5) is 11.7 Å². The second-order valence-corrected chi connectivity index (χ2v) is 4.61. The third-order valence-corrected chi connectivity index (χ3v) is 3.18. The average molecular weight is 309 g/mol. The third-order valence-electron chi connectivity index (χ3n) is 3.18. The summed E-state index contributed by atoms with van der Waals surface area (Å²) in [6.45, 7) is 0.0669. The first kappa shape index (κ1) is 14.4. The van der Waals surface area contributed by atoms with Crippen LogP contribution in [-0.2, 0) is 0 Å². The van der Waals surface area contributed by atoms with Gasteiger partial charge in [0.1, 0.15) is 0 Å². The lowest BCUT2D eigenvalue weighted by Crippen LogP contribution is -2.03. The molecule has 1 aliphatic rings. The van der Waals surface area contributed by atoms with E-state index in [-0.39, 0.29) is 23.8 Å². The first-order valence-corrected chi connectivity index (χ1v) is 6.59. The number of furan rings is 1. The molecule has 23 heavy (non-hydrogen) atoms. The van der Waals surface area contributed by atoms with Gasteiger partial charge in [0.25, 0.3) is 0 Å². The lowest BCUT2D eigenvalue weighted by atomic mass is 10.1. The Morgan fingerprint density at radius 3 is 3.09 bits per heavy atom. The van der Waals surface area contributed by atoms with E-state index in [9.17, 15) is 15.0 Å². The van der Waals surface area contributed by atoms with Gasteiger partial charge in [-0.1, -0.05) is 5.92 Å². The number of nitrogens with zero attached hydrogens (tertiary/aromatic N) is 2. The summed E-state index contributed by atoms with van der Waals surface area (Å²) in [7, 11) is 0. The zero-order chi connectivity index (χ0) is 16.4. The molecule has 1 aliphatic heterocycles. The molecule has 7 heteroatoms. The number of hydrogen-bond acceptors (Lipinski definition) is 6. The van der Waals surface area contributed by atoms with Crippen molar-refractivity contribution >= 4 is 35.5 Å². The number of nitrogens with one attached hydrogen (secondary N) is 1. The number of aromatic hydroxyl groups is 1. The van der Waals surface area contributed by atoms with Crippen molar-refractivity contribution in [2.75, 3.05) is 11.9 Å². The van der Waals surface area contributed by atoms with Gasteiger partial charge in [-0.15, -0.1) is 6.42 Å². The molecule has 0 fully saturated rings. The molecule has 0 unspecified atom stereocenters. The number of fused-ring (bicyclic) bond motifs is 1. The van der Waals surface area contributed by atoms with E-state index >= 15 is 0 Å². The summed E-state index contributed by atoms with van der Waals surface area (Å²) in [6, 6.07) is 3.57. The lowest BCUT2D eigenvalue weighted by molar-refractivity contribution is 0.0694. The highest BCUT2D eigenvalue weighted by atomic mass is 16.4. The Morgan fingerprint density at radius 2 is 2.35 bits per heavy atom. The van der Waals surface area contributed by atoms with Crippen LogP contribution in [0.3, 0.4) is 0 Å². The molecule has 0 amide bonds. The van der Waals surface area contributed by atoms with E-state index in [4.69, 9.17) is 10.8 Å². The van der Waals surface area contributed by atoms with E-state index in [1.165, 1.54) is 6.08 Å². The molecule has 7 nitrogen and oxygen atoms in total. The normalized spacial score (nSPS) is 13.8. The molecular weight excluding hydrogens is 298 g/mol. The minimum atomic E-state index is -1.32. The van der Waals surface area contributed by atoms with Gasteiger partial charge in [0, 0.05) is 23.5 Å². The summed E-state index contributed by atoms with van der Waals surface area (Å²) in [4.78, 5) is 19.5. The number of rotatable bonds is 4. The number of allylic oxidation sites excluding steroid dienone is 1. The lowest BCUT2D eigenvalue weighted by Gasteiger charge is -1.98. The Morgan fingerprint density at radius 1 is 1.52 bits per heavy atom. The summed E-state index contributed by atoms with van der Waals surface area (Å²) in [6.07, 6.45) is 9.82. The molecule has 0 aliphatic carbocycles. The number of carboxylic acid groups (broad SMARTS) is 1. The number of aromatic nitrogens is 1. The monoisotopic (exact) mass is 309 g/mol. The third kappa shape index (κ3) is 2.53. The average Bonchev–Trinajstić information content (AvgIpc) is 3.08. The molecule has 3 rings (SSSR count). The molecular formula is C16H11N3O4. The van der Waals surface area contributed by atoms with Crippen molar-refractivity contribution < 1.29 is 19.4 Å². The van der Waals surface area contributed by atoms with Gasteiger partial charge in [0.05, 0.1) is 6.54 Å². The fraction of sp³-hybridized carbons (Fsp3) is 0.0625. The molecule has 3 heterocycles. The number of carbonyl (C=O) groups is 1. The highest BCUT2D eigenvalue weighted by Gasteiger charge is 2.25. The van der Waals surface area contributed by atoms with E-state index in [0.717, 1.165) is 5.56 Å². The molecule has 0 aromatic carbocycles. The quantitative estimate of drug-likeness (QED) is 0.748. The number of terminal acetylenes is 1. The summed E-state index contributed by atoms with van der Waals surface area (Å²) in [5, 5.41) is 22.0. The molecule has 2 aromatic heterocycles. The minimum Gasteiger partial charge on any atom is -0.504 e. The molecule has 0 spiro atoms. The van der Waals surface area contributed by atoms with Crippen LogP contribution in [0.1, 0.15) is 21.7 Å². The summed E-state index contributed by atoms with van der Waals surface area (Å²) < 4.78 is 5.39. The highest BCUT2D eigenvalue weighted by molar-refractivity contribution is 6.21. The number of aromatic carboxylic acids is 1. The van der Waals surface area contributed by atoms with Crippen molar-refractivity contribution in [2.24, 2.45) is 4.99 Å². The van der Waals surface area contributed by atoms with Crippen LogP contribution in [-0.4, -0.2) is 33.9 Å². The van der Waals surface area contributed by atoms with Gasteiger partial charge in [0.2, 0.25) is 5.88 Å². The topological polar surface area (TPSA) is 108 Å². The second-order valence-electron chi connectivity index (χ2n) is 4.61. The smallest absolute Gasteiger partial charge is 0.345 e. The summed E-state index contributed by atoms with van der Waals surface area (Å²) in [5.74, 6) is 0.962. The van der Waals surface area contributed by atoms with Crippen molar-refractivity contribution in [1.29, 1.82) is 0 Å². The maximum atomic E-state index is 11.3. The van der Waals surface area contributed by atoms with E-state index in [0.29, 0.717) is 11.4 Å². The SMILES string of the molecule is C#CCNc1oc(C=C2C=Nc3ncccc32)c(O)c1C(=O)O. The molecule has 3 N–H and O–H groups in total. The fourth-order valence-corrected chi connectivity index (χ4v) is 2.17. The Hall–Kier alpha value is -3.53. The molecule has 0 saturated carbocycles. The van der Waals surface area contributed by atoms with Crippen molar-refractivity contribution in [3.8, 4) is 18.1 Å². The zero-order valence-corrected chi connectivity index (χ0v) is 11.8. The maximum Gasteiger partial charge on any atom is 0.345 e. The van der Waals surface area contributed by atoms with E-state index in [1.54, 1.807) is 18.5 Å². The highest BCUT2D eigenvalue weighted by Crippen LogP contribution is 2.37. The predicted octanol–water partition coefficient (Wildman–Crippen LogP) is 2.38. The largest absolute Gasteiger partial charge is 0.504 e.